The Morgan fingerprint density at radius 2 is 1.83 bits per heavy atom. The van der Waals surface area contributed by atoms with E-state index in [9.17, 15) is 9.59 Å². The molecular weight excluding hydrogens is 326 g/mol. The summed E-state index contributed by atoms with van der Waals surface area (Å²) in [7, 11) is 0. The van der Waals surface area contributed by atoms with Crippen LogP contribution in [-0.2, 0) is 14.3 Å². The Labute approximate surface area is 144 Å². The van der Waals surface area contributed by atoms with E-state index in [4.69, 9.17) is 16.3 Å². The standard InChI is InChI=1S/C19H14ClNO3/c20-13-6-4-5-12(9-13)15-10-17(22)21(14-7-2-1-3-8-14)16-11-24-19(23)18(15)16/h1-9,15H,10-11H2/t15-/m0/s1. The number of hydrogen-bond donors (Lipinski definition) is 0. The first-order chi connectivity index (χ1) is 11.6. The molecule has 0 radical (unpaired) electrons. The summed E-state index contributed by atoms with van der Waals surface area (Å²) in [6.45, 7) is 0.117. The molecule has 0 unspecified atom stereocenters. The number of rotatable bonds is 2. The summed E-state index contributed by atoms with van der Waals surface area (Å²) in [5, 5.41) is 0.582. The van der Waals surface area contributed by atoms with E-state index >= 15 is 0 Å². The highest BCUT2D eigenvalue weighted by atomic mass is 35.5. The number of carbonyl (C=O) groups is 2. The number of carbonyl (C=O) groups excluding carboxylic acids is 2. The summed E-state index contributed by atoms with van der Waals surface area (Å²) in [6, 6.07) is 16.6. The molecule has 4 rings (SSSR count). The first kappa shape index (κ1) is 15.0. The Morgan fingerprint density at radius 3 is 2.58 bits per heavy atom. The van der Waals surface area contributed by atoms with Crippen molar-refractivity contribution in [1.29, 1.82) is 0 Å². The van der Waals surface area contributed by atoms with Crippen LogP contribution in [0.1, 0.15) is 17.9 Å². The third-order valence-corrected chi connectivity index (χ3v) is 4.62. The largest absolute Gasteiger partial charge is 0.456 e. The monoisotopic (exact) mass is 339 g/mol. The quantitative estimate of drug-likeness (QED) is 0.784. The molecule has 4 nitrogen and oxygen atoms in total. The molecule has 0 spiro atoms. The number of esters is 1. The van der Waals surface area contributed by atoms with Gasteiger partial charge in [-0.25, -0.2) is 4.79 Å². The van der Waals surface area contributed by atoms with Gasteiger partial charge in [-0.3, -0.25) is 9.69 Å². The Kier molecular flexibility index (Phi) is 3.62. The Balaban J connectivity index is 1.84. The van der Waals surface area contributed by atoms with E-state index in [0.29, 0.717) is 16.3 Å². The van der Waals surface area contributed by atoms with Gasteiger partial charge in [0.25, 0.3) is 0 Å². The maximum Gasteiger partial charge on any atom is 0.336 e. The second-order valence-corrected chi connectivity index (χ2v) is 6.25. The average Bonchev–Trinajstić information content (AvgIpc) is 2.96. The van der Waals surface area contributed by atoms with Crippen LogP contribution in [0.3, 0.4) is 0 Å². The molecule has 2 heterocycles. The molecule has 24 heavy (non-hydrogen) atoms. The van der Waals surface area contributed by atoms with Gasteiger partial charge in [-0.15, -0.1) is 0 Å². The van der Waals surface area contributed by atoms with Crippen molar-refractivity contribution in [3.8, 4) is 0 Å². The van der Waals surface area contributed by atoms with Crippen molar-refractivity contribution in [1.82, 2.24) is 0 Å². The second-order valence-electron chi connectivity index (χ2n) is 5.81. The molecule has 0 aromatic heterocycles. The van der Waals surface area contributed by atoms with Gasteiger partial charge in [0, 0.05) is 23.0 Å². The van der Waals surface area contributed by atoms with Crippen molar-refractivity contribution in [3.63, 3.8) is 0 Å². The first-order valence-corrected chi connectivity index (χ1v) is 8.06. The van der Waals surface area contributed by atoms with Gasteiger partial charge in [0.15, 0.2) is 0 Å². The summed E-state index contributed by atoms with van der Waals surface area (Å²) in [4.78, 5) is 26.7. The van der Waals surface area contributed by atoms with E-state index < -0.39 is 0 Å². The first-order valence-electron chi connectivity index (χ1n) is 7.69. The average molecular weight is 340 g/mol. The van der Waals surface area contributed by atoms with E-state index in [1.54, 1.807) is 17.0 Å². The summed E-state index contributed by atoms with van der Waals surface area (Å²) in [5.41, 5.74) is 2.79. The molecule has 5 heteroatoms. The zero-order valence-electron chi connectivity index (χ0n) is 12.7. The highest BCUT2D eigenvalue weighted by molar-refractivity contribution is 6.30. The van der Waals surface area contributed by atoms with Gasteiger partial charge in [0.1, 0.15) is 6.61 Å². The Bertz CT molecular complexity index is 860. The molecule has 0 aliphatic carbocycles. The van der Waals surface area contributed by atoms with Crippen molar-refractivity contribution in [2.24, 2.45) is 0 Å². The zero-order chi connectivity index (χ0) is 16.7. The lowest BCUT2D eigenvalue weighted by molar-refractivity contribution is -0.136. The number of amides is 1. The van der Waals surface area contributed by atoms with Crippen LogP contribution in [0.4, 0.5) is 5.69 Å². The lowest BCUT2D eigenvalue weighted by Gasteiger charge is -2.31. The minimum Gasteiger partial charge on any atom is -0.456 e. The molecular formula is C19H14ClNO3. The maximum atomic E-state index is 12.8. The van der Waals surface area contributed by atoms with Crippen molar-refractivity contribution >= 4 is 29.2 Å². The predicted octanol–water partition coefficient (Wildman–Crippen LogP) is 3.67. The van der Waals surface area contributed by atoms with E-state index in [2.05, 4.69) is 0 Å². The molecule has 1 atom stereocenters. The van der Waals surface area contributed by atoms with E-state index in [1.807, 2.05) is 42.5 Å². The highest BCUT2D eigenvalue weighted by Crippen LogP contribution is 2.42. The number of benzene rings is 2. The molecule has 2 aliphatic rings. The van der Waals surface area contributed by atoms with E-state index in [0.717, 1.165) is 11.3 Å². The number of cyclic esters (lactones) is 1. The van der Waals surface area contributed by atoms with Gasteiger partial charge in [-0.1, -0.05) is 41.9 Å². The van der Waals surface area contributed by atoms with Gasteiger partial charge in [-0.2, -0.15) is 0 Å². The molecule has 0 saturated heterocycles. The lowest BCUT2D eigenvalue weighted by atomic mass is 9.84. The topological polar surface area (TPSA) is 46.6 Å². The van der Waals surface area contributed by atoms with Crippen LogP contribution >= 0.6 is 11.6 Å². The molecule has 2 aliphatic heterocycles. The smallest absolute Gasteiger partial charge is 0.336 e. The van der Waals surface area contributed by atoms with Gasteiger partial charge in [-0.05, 0) is 29.8 Å². The zero-order valence-corrected chi connectivity index (χ0v) is 13.5. The molecule has 2 aromatic carbocycles. The normalized spacial score (nSPS) is 20.2. The minimum atomic E-state index is -0.358. The Morgan fingerprint density at radius 1 is 1.04 bits per heavy atom. The van der Waals surface area contributed by atoms with Crippen LogP contribution in [-0.4, -0.2) is 18.5 Å². The predicted molar refractivity (Wildman–Crippen MR) is 90.7 cm³/mol. The van der Waals surface area contributed by atoms with Crippen LogP contribution in [0.2, 0.25) is 5.02 Å². The fourth-order valence-corrected chi connectivity index (χ4v) is 3.54. The fourth-order valence-electron chi connectivity index (χ4n) is 3.34. The molecule has 0 N–H and O–H groups in total. The SMILES string of the molecule is O=C1OCC2=C1[C@H](c1cccc(Cl)c1)CC(=O)N2c1ccccc1. The molecule has 120 valence electrons. The molecule has 0 bridgehead atoms. The molecule has 1 amide bonds. The second kappa shape index (κ2) is 5.80. The van der Waals surface area contributed by atoms with E-state index in [-0.39, 0.29) is 30.8 Å². The van der Waals surface area contributed by atoms with Crippen LogP contribution in [0.15, 0.2) is 65.9 Å². The minimum absolute atomic E-state index is 0.0526. The van der Waals surface area contributed by atoms with Gasteiger partial charge in [0.05, 0.1) is 11.3 Å². The highest BCUT2D eigenvalue weighted by Gasteiger charge is 2.42. The van der Waals surface area contributed by atoms with Gasteiger partial charge in [0.2, 0.25) is 5.91 Å². The fraction of sp³-hybridized carbons (Fsp3) is 0.158. The van der Waals surface area contributed by atoms with Crippen molar-refractivity contribution in [2.45, 2.75) is 12.3 Å². The van der Waals surface area contributed by atoms with Crippen LogP contribution in [0.5, 0.6) is 0 Å². The van der Waals surface area contributed by atoms with Gasteiger partial charge < -0.3 is 4.74 Å². The number of nitrogens with zero attached hydrogens (tertiary/aromatic N) is 1. The van der Waals surface area contributed by atoms with Crippen LogP contribution in [0, 0.1) is 0 Å². The third-order valence-electron chi connectivity index (χ3n) is 4.38. The summed E-state index contributed by atoms with van der Waals surface area (Å²) in [5.74, 6) is -0.729. The summed E-state index contributed by atoms with van der Waals surface area (Å²) >= 11 is 6.08. The number of halogens is 1. The number of anilines is 1. The number of para-hydroxylation sites is 1. The van der Waals surface area contributed by atoms with Crippen molar-refractivity contribution in [2.75, 3.05) is 11.5 Å². The van der Waals surface area contributed by atoms with Gasteiger partial charge >= 0.3 is 5.97 Å². The number of ether oxygens (including phenoxy) is 1. The third kappa shape index (κ3) is 2.39. The van der Waals surface area contributed by atoms with E-state index in [1.165, 1.54) is 0 Å². The van der Waals surface area contributed by atoms with Crippen LogP contribution < -0.4 is 4.90 Å². The molecule has 2 aromatic rings. The summed E-state index contributed by atoms with van der Waals surface area (Å²) in [6.07, 6.45) is 0.211. The Hall–Kier alpha value is -2.59. The molecule has 0 saturated carbocycles. The van der Waals surface area contributed by atoms with Crippen LogP contribution in [0.25, 0.3) is 0 Å². The maximum absolute atomic E-state index is 12.8. The number of hydrogen-bond acceptors (Lipinski definition) is 3. The summed E-state index contributed by atoms with van der Waals surface area (Å²) < 4.78 is 5.24. The molecule has 0 fully saturated rings. The van der Waals surface area contributed by atoms with Crippen molar-refractivity contribution < 1.29 is 14.3 Å². The lowest BCUT2D eigenvalue weighted by Crippen LogP contribution is -2.37. The van der Waals surface area contributed by atoms with Crippen molar-refractivity contribution in [3.05, 3.63) is 76.5 Å².